The van der Waals surface area contributed by atoms with Crippen LogP contribution >= 0.6 is 0 Å². The van der Waals surface area contributed by atoms with E-state index in [1.54, 1.807) is 26.0 Å². The Hall–Kier alpha value is -1.66. The first kappa shape index (κ1) is 17.4. The maximum absolute atomic E-state index is 12.5. The number of hydrogen-bond acceptors (Lipinski definition) is 3. The molecule has 0 spiro atoms. The Morgan fingerprint density at radius 2 is 2.00 bits per heavy atom. The van der Waals surface area contributed by atoms with Gasteiger partial charge in [0, 0.05) is 18.7 Å². The van der Waals surface area contributed by atoms with Gasteiger partial charge in [-0.15, -0.1) is 0 Å². The predicted molar refractivity (Wildman–Crippen MR) is 82.6 cm³/mol. The van der Waals surface area contributed by atoms with Crippen molar-refractivity contribution < 1.29 is 18.3 Å². The third-order valence-corrected chi connectivity index (χ3v) is 5.29. The highest BCUT2D eigenvalue weighted by atomic mass is 32.2. The second-order valence-corrected chi connectivity index (χ2v) is 6.88. The lowest BCUT2D eigenvalue weighted by molar-refractivity contribution is -0.131. The van der Waals surface area contributed by atoms with E-state index in [-0.39, 0.29) is 10.9 Å². The van der Waals surface area contributed by atoms with Crippen molar-refractivity contribution in [1.82, 2.24) is 4.31 Å². The number of carboxylic acids is 1. The quantitative estimate of drug-likeness (QED) is 0.819. The molecule has 1 aromatic carbocycles. The molecule has 5 nitrogen and oxygen atoms in total. The molecule has 0 atom stereocenters. The minimum atomic E-state index is -3.53. The molecule has 0 saturated heterocycles. The highest BCUT2D eigenvalue weighted by molar-refractivity contribution is 7.89. The van der Waals surface area contributed by atoms with Gasteiger partial charge in [0.15, 0.2) is 0 Å². The number of carboxylic acid groups (broad SMARTS) is 1. The van der Waals surface area contributed by atoms with Gasteiger partial charge in [0.2, 0.25) is 10.0 Å². The fourth-order valence-electron chi connectivity index (χ4n) is 2.10. The molecule has 1 rings (SSSR count). The van der Waals surface area contributed by atoms with E-state index in [0.717, 1.165) is 6.08 Å². The average Bonchev–Trinajstić information content (AvgIpc) is 2.36. The number of aliphatic carboxylic acids is 1. The summed E-state index contributed by atoms with van der Waals surface area (Å²) in [5.74, 6) is -1.04. The summed E-state index contributed by atoms with van der Waals surface area (Å²) < 4.78 is 26.5. The van der Waals surface area contributed by atoms with Gasteiger partial charge >= 0.3 is 5.97 Å². The predicted octanol–water partition coefficient (Wildman–Crippen LogP) is 2.51. The van der Waals surface area contributed by atoms with Gasteiger partial charge in [-0.05, 0) is 50.1 Å². The Kier molecular flexibility index (Phi) is 5.69. The van der Waals surface area contributed by atoms with E-state index < -0.39 is 16.0 Å². The molecule has 1 aromatic rings. The summed E-state index contributed by atoms with van der Waals surface area (Å²) in [5.41, 5.74) is 1.40. The number of rotatable bonds is 6. The lowest BCUT2D eigenvalue weighted by Gasteiger charge is -2.24. The monoisotopic (exact) mass is 311 g/mol. The van der Waals surface area contributed by atoms with E-state index in [0.29, 0.717) is 17.7 Å². The second-order valence-electron chi connectivity index (χ2n) is 4.99. The molecule has 21 heavy (non-hydrogen) atoms. The van der Waals surface area contributed by atoms with Crippen molar-refractivity contribution in [3.8, 4) is 0 Å². The lowest BCUT2D eigenvalue weighted by atomic mass is 10.1. The van der Waals surface area contributed by atoms with Crippen LogP contribution in [0, 0.1) is 6.92 Å². The summed E-state index contributed by atoms with van der Waals surface area (Å²) in [5, 5.41) is 8.63. The van der Waals surface area contributed by atoms with Gasteiger partial charge in [-0.25, -0.2) is 13.2 Å². The number of sulfonamides is 1. The standard InChI is InChI=1S/C15H21NO4S/c1-5-16(11(2)3)21(19,20)14-8-6-13(12(4)10-14)7-9-15(17)18/h6-11H,5H2,1-4H3,(H,17,18). The van der Waals surface area contributed by atoms with Crippen LogP contribution < -0.4 is 0 Å². The van der Waals surface area contributed by atoms with E-state index in [2.05, 4.69) is 0 Å². The molecule has 0 radical (unpaired) electrons. The minimum absolute atomic E-state index is 0.119. The molecule has 0 unspecified atom stereocenters. The van der Waals surface area contributed by atoms with Crippen molar-refractivity contribution in [2.45, 2.75) is 38.6 Å². The summed E-state index contributed by atoms with van der Waals surface area (Å²) >= 11 is 0. The average molecular weight is 311 g/mol. The zero-order chi connectivity index (χ0) is 16.2. The Balaban J connectivity index is 3.22. The van der Waals surface area contributed by atoms with Crippen LogP contribution in [0.15, 0.2) is 29.2 Å². The second kappa shape index (κ2) is 6.87. The van der Waals surface area contributed by atoms with Crippen molar-refractivity contribution in [2.24, 2.45) is 0 Å². The molecule has 0 aliphatic heterocycles. The van der Waals surface area contributed by atoms with Crippen molar-refractivity contribution in [3.63, 3.8) is 0 Å². The van der Waals surface area contributed by atoms with Crippen LogP contribution in [0.4, 0.5) is 0 Å². The Morgan fingerprint density at radius 3 is 2.43 bits per heavy atom. The first-order valence-corrected chi connectivity index (χ1v) is 8.17. The topological polar surface area (TPSA) is 74.7 Å². The molecule has 0 aliphatic rings. The van der Waals surface area contributed by atoms with Gasteiger partial charge in [-0.2, -0.15) is 4.31 Å². The highest BCUT2D eigenvalue weighted by Crippen LogP contribution is 2.21. The molecule has 0 aromatic heterocycles. The summed E-state index contributed by atoms with van der Waals surface area (Å²) in [6, 6.07) is 4.58. The van der Waals surface area contributed by atoms with Gasteiger partial charge in [-0.3, -0.25) is 0 Å². The molecule has 0 heterocycles. The molecule has 1 N–H and O–H groups in total. The first-order chi connectivity index (χ1) is 9.70. The SMILES string of the molecule is CCN(C(C)C)S(=O)(=O)c1ccc(C=CC(=O)O)c(C)c1. The van der Waals surface area contributed by atoms with Gasteiger partial charge in [0.25, 0.3) is 0 Å². The Bertz CT molecular complexity index is 648. The van der Waals surface area contributed by atoms with Crippen LogP contribution in [0.5, 0.6) is 0 Å². The Labute approximate surface area is 126 Å². The molecule has 0 fully saturated rings. The van der Waals surface area contributed by atoms with Gasteiger partial charge in [-0.1, -0.05) is 13.0 Å². The minimum Gasteiger partial charge on any atom is -0.478 e. The third-order valence-electron chi connectivity index (χ3n) is 3.14. The fourth-order valence-corrected chi connectivity index (χ4v) is 3.84. The number of aryl methyl sites for hydroxylation is 1. The lowest BCUT2D eigenvalue weighted by Crippen LogP contribution is -2.36. The van der Waals surface area contributed by atoms with Crippen LogP contribution in [-0.2, 0) is 14.8 Å². The molecule has 0 amide bonds. The molecular formula is C15H21NO4S. The molecule has 0 saturated carbocycles. The summed E-state index contributed by atoms with van der Waals surface area (Å²) in [4.78, 5) is 10.7. The van der Waals surface area contributed by atoms with Crippen LogP contribution in [0.1, 0.15) is 31.9 Å². The van der Waals surface area contributed by atoms with Gasteiger partial charge in [0.05, 0.1) is 4.90 Å². The maximum atomic E-state index is 12.5. The van der Waals surface area contributed by atoms with Gasteiger partial charge in [0.1, 0.15) is 0 Å². The van der Waals surface area contributed by atoms with Gasteiger partial charge < -0.3 is 5.11 Å². The fraction of sp³-hybridized carbons (Fsp3) is 0.400. The van der Waals surface area contributed by atoms with E-state index in [4.69, 9.17) is 5.11 Å². The normalized spacial score (nSPS) is 12.5. The van der Waals surface area contributed by atoms with Crippen molar-refractivity contribution in [2.75, 3.05) is 6.54 Å². The molecule has 6 heteroatoms. The zero-order valence-electron chi connectivity index (χ0n) is 12.7. The van der Waals surface area contributed by atoms with Crippen LogP contribution in [0.2, 0.25) is 0 Å². The number of hydrogen-bond donors (Lipinski definition) is 1. The molecule has 0 bridgehead atoms. The Morgan fingerprint density at radius 1 is 1.38 bits per heavy atom. The molecule has 0 aliphatic carbocycles. The largest absolute Gasteiger partial charge is 0.478 e. The molecule has 116 valence electrons. The third kappa shape index (κ3) is 4.15. The summed E-state index contributed by atoms with van der Waals surface area (Å²) in [6.07, 6.45) is 2.48. The van der Waals surface area contributed by atoms with E-state index >= 15 is 0 Å². The van der Waals surface area contributed by atoms with Crippen LogP contribution in [0.25, 0.3) is 6.08 Å². The van der Waals surface area contributed by atoms with Crippen molar-refractivity contribution in [3.05, 3.63) is 35.4 Å². The highest BCUT2D eigenvalue weighted by Gasteiger charge is 2.25. The maximum Gasteiger partial charge on any atom is 0.328 e. The zero-order valence-corrected chi connectivity index (χ0v) is 13.5. The van der Waals surface area contributed by atoms with E-state index in [9.17, 15) is 13.2 Å². The molecular weight excluding hydrogens is 290 g/mol. The first-order valence-electron chi connectivity index (χ1n) is 6.73. The number of carbonyl (C=O) groups is 1. The smallest absolute Gasteiger partial charge is 0.328 e. The number of benzene rings is 1. The number of nitrogens with zero attached hydrogens (tertiary/aromatic N) is 1. The van der Waals surface area contributed by atoms with Crippen molar-refractivity contribution in [1.29, 1.82) is 0 Å². The summed E-state index contributed by atoms with van der Waals surface area (Å²) in [6.45, 7) is 7.62. The van der Waals surface area contributed by atoms with E-state index in [1.807, 2.05) is 13.8 Å². The summed E-state index contributed by atoms with van der Waals surface area (Å²) in [7, 11) is -3.53. The van der Waals surface area contributed by atoms with Crippen LogP contribution in [0.3, 0.4) is 0 Å². The van der Waals surface area contributed by atoms with Crippen LogP contribution in [-0.4, -0.2) is 36.4 Å². The van der Waals surface area contributed by atoms with Crippen molar-refractivity contribution >= 4 is 22.1 Å². The van der Waals surface area contributed by atoms with E-state index in [1.165, 1.54) is 16.4 Å².